The smallest absolute Gasteiger partial charge is 0.166 e. The van der Waals surface area contributed by atoms with Gasteiger partial charge in [0.25, 0.3) is 0 Å². The van der Waals surface area contributed by atoms with Crippen LogP contribution in [0.2, 0.25) is 0 Å². The Morgan fingerprint density at radius 3 is 2.82 bits per heavy atom. The highest BCUT2D eigenvalue weighted by atomic mass is 32.1. The Morgan fingerprint density at radius 1 is 1.47 bits per heavy atom. The van der Waals surface area contributed by atoms with E-state index in [2.05, 4.69) is 41.4 Å². The number of thiocarbonyl (C=S) groups is 1. The van der Waals surface area contributed by atoms with E-state index < -0.39 is 0 Å². The molecule has 0 radical (unpaired) electrons. The third-order valence-corrected chi connectivity index (χ3v) is 3.70. The minimum Gasteiger partial charge on any atom is -0.376 e. The first-order chi connectivity index (χ1) is 8.20. The fourth-order valence-electron chi connectivity index (χ4n) is 2.42. The first-order valence-corrected chi connectivity index (χ1v) is 6.42. The van der Waals surface area contributed by atoms with Crippen molar-refractivity contribution in [3.8, 4) is 0 Å². The second kappa shape index (κ2) is 5.47. The molecule has 1 aliphatic rings. The Hall–Kier alpha value is -1.13. The van der Waals surface area contributed by atoms with Gasteiger partial charge < -0.3 is 16.0 Å². The molecule has 1 aromatic rings. The van der Waals surface area contributed by atoms with Crippen molar-refractivity contribution < 1.29 is 0 Å². The van der Waals surface area contributed by atoms with Gasteiger partial charge in [-0.3, -0.25) is 0 Å². The van der Waals surface area contributed by atoms with Gasteiger partial charge >= 0.3 is 0 Å². The van der Waals surface area contributed by atoms with Crippen LogP contribution in [0.25, 0.3) is 0 Å². The van der Waals surface area contributed by atoms with E-state index >= 15 is 0 Å². The summed E-state index contributed by atoms with van der Waals surface area (Å²) in [7, 11) is 0. The average Bonchev–Trinajstić information content (AvgIpc) is 2.39. The predicted molar refractivity (Wildman–Crippen MR) is 75.0 cm³/mol. The number of nitrogens with two attached hydrogens (primary N) is 1. The van der Waals surface area contributed by atoms with Crippen LogP contribution in [0.1, 0.15) is 18.4 Å². The van der Waals surface area contributed by atoms with Gasteiger partial charge in [0.1, 0.15) is 0 Å². The molecule has 1 fully saturated rings. The zero-order valence-electron chi connectivity index (χ0n) is 10.1. The number of hydrogen-bond donors (Lipinski definition) is 2. The summed E-state index contributed by atoms with van der Waals surface area (Å²) in [6.07, 6.45) is 0. The summed E-state index contributed by atoms with van der Waals surface area (Å²) in [6.45, 7) is 5.03. The number of nitrogens with zero attached hydrogens (tertiary/aromatic N) is 1. The SMILES string of the molecule is CC(c1ccccc1)C1CNCCN1C(N)=S. The van der Waals surface area contributed by atoms with Crippen LogP contribution in [0.15, 0.2) is 30.3 Å². The van der Waals surface area contributed by atoms with Crippen LogP contribution in [0.5, 0.6) is 0 Å². The maximum Gasteiger partial charge on any atom is 0.166 e. The lowest BCUT2D eigenvalue weighted by Crippen LogP contribution is -2.56. The predicted octanol–water partition coefficient (Wildman–Crippen LogP) is 1.31. The van der Waals surface area contributed by atoms with Crippen molar-refractivity contribution in [3.63, 3.8) is 0 Å². The van der Waals surface area contributed by atoms with E-state index in [0.717, 1.165) is 19.6 Å². The van der Waals surface area contributed by atoms with Crippen LogP contribution in [0.3, 0.4) is 0 Å². The maximum atomic E-state index is 5.80. The molecule has 4 heteroatoms. The Balaban J connectivity index is 2.16. The topological polar surface area (TPSA) is 41.3 Å². The minimum atomic E-state index is 0.351. The Morgan fingerprint density at radius 2 is 2.18 bits per heavy atom. The van der Waals surface area contributed by atoms with Crippen molar-refractivity contribution in [1.29, 1.82) is 0 Å². The second-order valence-corrected chi connectivity index (χ2v) is 4.92. The van der Waals surface area contributed by atoms with Gasteiger partial charge in [0, 0.05) is 25.6 Å². The summed E-state index contributed by atoms with van der Waals surface area (Å²) in [5, 5.41) is 3.93. The van der Waals surface area contributed by atoms with Crippen LogP contribution in [0, 0.1) is 0 Å². The molecule has 0 saturated carbocycles. The minimum absolute atomic E-state index is 0.351. The zero-order chi connectivity index (χ0) is 12.3. The number of benzene rings is 1. The number of piperazine rings is 1. The highest BCUT2D eigenvalue weighted by molar-refractivity contribution is 7.80. The molecule has 2 rings (SSSR count). The van der Waals surface area contributed by atoms with Crippen molar-refractivity contribution in [3.05, 3.63) is 35.9 Å². The van der Waals surface area contributed by atoms with Crippen LogP contribution >= 0.6 is 12.2 Å². The molecule has 0 aromatic heterocycles. The summed E-state index contributed by atoms with van der Waals surface area (Å²) >= 11 is 5.14. The Kier molecular flexibility index (Phi) is 3.97. The van der Waals surface area contributed by atoms with Crippen molar-refractivity contribution in [2.75, 3.05) is 19.6 Å². The van der Waals surface area contributed by atoms with E-state index in [-0.39, 0.29) is 0 Å². The molecule has 1 heterocycles. The molecule has 2 unspecified atom stereocenters. The monoisotopic (exact) mass is 249 g/mol. The highest BCUT2D eigenvalue weighted by Crippen LogP contribution is 2.23. The van der Waals surface area contributed by atoms with Gasteiger partial charge in [0.2, 0.25) is 0 Å². The lowest BCUT2D eigenvalue weighted by atomic mass is 9.91. The fourth-order valence-corrected chi connectivity index (χ4v) is 2.65. The number of nitrogens with one attached hydrogen (secondary N) is 1. The van der Waals surface area contributed by atoms with Gasteiger partial charge in [-0.2, -0.15) is 0 Å². The van der Waals surface area contributed by atoms with Crippen molar-refractivity contribution in [2.45, 2.75) is 18.9 Å². The highest BCUT2D eigenvalue weighted by Gasteiger charge is 2.28. The van der Waals surface area contributed by atoms with E-state index in [1.54, 1.807) is 0 Å². The van der Waals surface area contributed by atoms with E-state index in [1.807, 2.05) is 6.07 Å². The van der Waals surface area contributed by atoms with E-state index in [4.69, 9.17) is 18.0 Å². The normalized spacial score (nSPS) is 22.2. The molecule has 17 heavy (non-hydrogen) atoms. The zero-order valence-corrected chi connectivity index (χ0v) is 10.9. The molecular formula is C13H19N3S. The van der Waals surface area contributed by atoms with Gasteiger partial charge in [-0.25, -0.2) is 0 Å². The standard InChI is InChI=1S/C13H19N3S/c1-10(11-5-3-2-4-6-11)12-9-15-7-8-16(12)13(14)17/h2-6,10,12,15H,7-9H2,1H3,(H2,14,17). The molecule has 1 aromatic carbocycles. The van der Waals surface area contributed by atoms with E-state index in [9.17, 15) is 0 Å². The molecular weight excluding hydrogens is 230 g/mol. The van der Waals surface area contributed by atoms with E-state index in [0.29, 0.717) is 17.1 Å². The van der Waals surface area contributed by atoms with Gasteiger partial charge in [-0.05, 0) is 17.8 Å². The van der Waals surface area contributed by atoms with Gasteiger partial charge in [0.15, 0.2) is 5.11 Å². The summed E-state index contributed by atoms with van der Waals surface area (Å²) < 4.78 is 0. The summed E-state index contributed by atoms with van der Waals surface area (Å²) in [5.74, 6) is 0.422. The third-order valence-electron chi connectivity index (χ3n) is 3.47. The van der Waals surface area contributed by atoms with Gasteiger partial charge in [0.05, 0.1) is 6.04 Å². The largest absolute Gasteiger partial charge is 0.376 e. The molecule has 3 nitrogen and oxygen atoms in total. The molecule has 0 bridgehead atoms. The molecule has 3 N–H and O–H groups in total. The molecule has 0 spiro atoms. The van der Waals surface area contributed by atoms with E-state index in [1.165, 1.54) is 5.56 Å². The third kappa shape index (κ3) is 2.76. The van der Waals surface area contributed by atoms with Crippen molar-refractivity contribution in [2.24, 2.45) is 5.73 Å². The molecule has 92 valence electrons. The first kappa shape index (κ1) is 12.3. The molecule has 0 aliphatic carbocycles. The Labute approximate surface area is 108 Å². The average molecular weight is 249 g/mol. The van der Waals surface area contributed by atoms with Gasteiger partial charge in [-0.15, -0.1) is 0 Å². The van der Waals surface area contributed by atoms with Crippen LogP contribution in [-0.4, -0.2) is 35.7 Å². The second-order valence-electron chi connectivity index (χ2n) is 4.50. The summed E-state index contributed by atoms with van der Waals surface area (Å²) in [5.41, 5.74) is 7.14. The van der Waals surface area contributed by atoms with Crippen molar-refractivity contribution in [1.82, 2.24) is 10.2 Å². The molecule has 2 atom stereocenters. The molecule has 1 aliphatic heterocycles. The van der Waals surface area contributed by atoms with Crippen molar-refractivity contribution >= 4 is 17.3 Å². The van der Waals surface area contributed by atoms with Crippen LogP contribution < -0.4 is 11.1 Å². The maximum absolute atomic E-state index is 5.80. The quantitative estimate of drug-likeness (QED) is 0.776. The summed E-state index contributed by atoms with van der Waals surface area (Å²) in [6, 6.07) is 10.9. The molecule has 0 amide bonds. The first-order valence-electron chi connectivity index (χ1n) is 6.02. The van der Waals surface area contributed by atoms with Crippen LogP contribution in [-0.2, 0) is 0 Å². The molecule has 1 saturated heterocycles. The summed E-state index contributed by atoms with van der Waals surface area (Å²) in [4.78, 5) is 2.14. The fraction of sp³-hybridized carbons (Fsp3) is 0.462. The lowest BCUT2D eigenvalue weighted by molar-refractivity contribution is 0.232. The Bertz CT molecular complexity index is 380. The lowest BCUT2D eigenvalue weighted by Gasteiger charge is -2.40. The van der Waals surface area contributed by atoms with Crippen LogP contribution in [0.4, 0.5) is 0 Å². The number of rotatable bonds is 2. The van der Waals surface area contributed by atoms with Gasteiger partial charge in [-0.1, -0.05) is 37.3 Å². The number of hydrogen-bond acceptors (Lipinski definition) is 2.